The van der Waals surface area contributed by atoms with Crippen LogP contribution in [0.1, 0.15) is 41.4 Å². The highest BCUT2D eigenvalue weighted by molar-refractivity contribution is 7.13. The number of primary amides is 1. The van der Waals surface area contributed by atoms with Gasteiger partial charge >= 0.3 is 0 Å². The van der Waals surface area contributed by atoms with E-state index in [1.165, 1.54) is 12.8 Å². The van der Waals surface area contributed by atoms with Crippen LogP contribution in [-0.2, 0) is 0 Å². The molecule has 3 rings (SSSR count). The quantitative estimate of drug-likeness (QED) is 0.912. The molecule has 2 heterocycles. The highest BCUT2D eigenvalue weighted by Crippen LogP contribution is 2.29. The molecule has 1 aliphatic heterocycles. The molecule has 20 heavy (non-hydrogen) atoms. The van der Waals surface area contributed by atoms with Gasteiger partial charge in [-0.2, -0.15) is 0 Å². The molecule has 0 spiro atoms. The molecule has 0 bridgehead atoms. The average molecular weight is 287 g/mol. The van der Waals surface area contributed by atoms with Crippen LogP contribution < -0.4 is 11.1 Å². The molecule has 4 nitrogen and oxygen atoms in total. The first kappa shape index (κ1) is 13.3. The van der Waals surface area contributed by atoms with Crippen LogP contribution in [0.4, 0.5) is 0 Å². The molecule has 5 heteroatoms. The summed E-state index contributed by atoms with van der Waals surface area (Å²) in [7, 11) is 0. The third kappa shape index (κ3) is 2.73. The van der Waals surface area contributed by atoms with Crippen molar-refractivity contribution in [1.82, 2.24) is 10.3 Å². The number of rotatable bonds is 3. The van der Waals surface area contributed by atoms with E-state index in [1.54, 1.807) is 23.5 Å². The van der Waals surface area contributed by atoms with Gasteiger partial charge in [0.15, 0.2) is 0 Å². The van der Waals surface area contributed by atoms with Crippen LogP contribution in [0.15, 0.2) is 29.6 Å². The predicted molar refractivity (Wildman–Crippen MR) is 80.7 cm³/mol. The summed E-state index contributed by atoms with van der Waals surface area (Å²) in [5.41, 5.74) is 7.93. The molecule has 104 valence electrons. The van der Waals surface area contributed by atoms with Crippen LogP contribution in [0.5, 0.6) is 0 Å². The second-order valence-electron chi connectivity index (χ2n) is 5.02. The van der Waals surface area contributed by atoms with Crippen molar-refractivity contribution in [2.24, 2.45) is 5.73 Å². The topological polar surface area (TPSA) is 68.0 Å². The Bertz CT molecular complexity index is 600. The third-order valence-electron chi connectivity index (χ3n) is 3.61. The molecule has 1 unspecified atom stereocenters. The molecule has 0 aliphatic carbocycles. The number of piperidine rings is 1. The molecule has 1 aromatic carbocycles. The van der Waals surface area contributed by atoms with Gasteiger partial charge in [0.25, 0.3) is 0 Å². The normalized spacial score (nSPS) is 18.9. The Balaban J connectivity index is 1.80. The SMILES string of the molecule is NC(=O)c1ccc(-c2nc(C3CCCCN3)cs2)cc1. The molecular formula is C15H17N3OS. The maximum Gasteiger partial charge on any atom is 0.248 e. The number of hydrogen-bond donors (Lipinski definition) is 2. The Morgan fingerprint density at radius 2 is 2.10 bits per heavy atom. The van der Waals surface area contributed by atoms with Crippen molar-refractivity contribution < 1.29 is 4.79 Å². The number of thiazole rings is 1. The maximum atomic E-state index is 11.1. The Kier molecular flexibility index (Phi) is 3.80. The third-order valence-corrected chi connectivity index (χ3v) is 4.52. The van der Waals surface area contributed by atoms with E-state index in [1.807, 2.05) is 12.1 Å². The van der Waals surface area contributed by atoms with Crippen LogP contribution in [0.25, 0.3) is 10.6 Å². The fraction of sp³-hybridized carbons (Fsp3) is 0.333. The number of aromatic nitrogens is 1. The Morgan fingerprint density at radius 1 is 1.30 bits per heavy atom. The summed E-state index contributed by atoms with van der Waals surface area (Å²) in [6.07, 6.45) is 3.67. The summed E-state index contributed by atoms with van der Waals surface area (Å²) in [4.78, 5) is 15.8. The fourth-order valence-corrected chi connectivity index (χ4v) is 3.34. The second-order valence-corrected chi connectivity index (χ2v) is 5.88. The van der Waals surface area contributed by atoms with Crippen molar-refractivity contribution in [1.29, 1.82) is 0 Å². The lowest BCUT2D eigenvalue weighted by atomic mass is 10.0. The number of hydrogen-bond acceptors (Lipinski definition) is 4. The zero-order chi connectivity index (χ0) is 13.9. The van der Waals surface area contributed by atoms with Gasteiger partial charge in [0.1, 0.15) is 5.01 Å². The Hall–Kier alpha value is -1.72. The minimum atomic E-state index is -0.400. The van der Waals surface area contributed by atoms with Gasteiger partial charge in [-0.05, 0) is 31.5 Å². The van der Waals surface area contributed by atoms with Crippen molar-refractivity contribution in [3.8, 4) is 10.6 Å². The summed E-state index contributed by atoms with van der Waals surface area (Å²) < 4.78 is 0. The average Bonchev–Trinajstić information content (AvgIpc) is 2.98. The van der Waals surface area contributed by atoms with E-state index in [4.69, 9.17) is 10.7 Å². The molecule has 1 aromatic heterocycles. The molecule has 0 radical (unpaired) electrons. The highest BCUT2D eigenvalue weighted by atomic mass is 32.1. The van der Waals surface area contributed by atoms with E-state index in [-0.39, 0.29) is 0 Å². The van der Waals surface area contributed by atoms with Crippen molar-refractivity contribution in [3.05, 3.63) is 40.9 Å². The lowest BCUT2D eigenvalue weighted by molar-refractivity contribution is 0.100. The van der Waals surface area contributed by atoms with E-state index in [9.17, 15) is 4.79 Å². The minimum Gasteiger partial charge on any atom is -0.366 e. The van der Waals surface area contributed by atoms with Crippen molar-refractivity contribution in [2.45, 2.75) is 25.3 Å². The molecule has 1 aliphatic rings. The minimum absolute atomic E-state index is 0.388. The number of nitrogens with one attached hydrogen (secondary N) is 1. The number of nitrogens with zero attached hydrogens (tertiary/aromatic N) is 1. The van der Waals surface area contributed by atoms with E-state index in [2.05, 4.69) is 10.7 Å². The van der Waals surface area contributed by atoms with Gasteiger partial charge in [-0.3, -0.25) is 4.79 Å². The van der Waals surface area contributed by atoms with E-state index in [0.717, 1.165) is 29.2 Å². The van der Waals surface area contributed by atoms with E-state index < -0.39 is 5.91 Å². The van der Waals surface area contributed by atoms with Crippen LogP contribution in [0.3, 0.4) is 0 Å². The van der Waals surface area contributed by atoms with Gasteiger partial charge in [0, 0.05) is 16.5 Å². The Morgan fingerprint density at radius 3 is 2.75 bits per heavy atom. The maximum absolute atomic E-state index is 11.1. The smallest absolute Gasteiger partial charge is 0.248 e. The molecule has 1 fully saturated rings. The number of benzene rings is 1. The molecule has 3 N–H and O–H groups in total. The van der Waals surface area contributed by atoms with Crippen molar-refractivity contribution in [3.63, 3.8) is 0 Å². The lowest BCUT2D eigenvalue weighted by Crippen LogP contribution is -2.26. The molecule has 1 saturated heterocycles. The van der Waals surface area contributed by atoms with Gasteiger partial charge in [0.2, 0.25) is 5.91 Å². The van der Waals surface area contributed by atoms with Gasteiger partial charge in [-0.15, -0.1) is 11.3 Å². The molecular weight excluding hydrogens is 270 g/mol. The van der Waals surface area contributed by atoms with Crippen molar-refractivity contribution >= 4 is 17.2 Å². The molecule has 1 atom stereocenters. The largest absolute Gasteiger partial charge is 0.366 e. The number of nitrogens with two attached hydrogens (primary N) is 1. The number of amides is 1. The standard InChI is InChI=1S/C15H17N3OS/c16-14(19)10-4-6-11(7-5-10)15-18-13(9-20-15)12-3-1-2-8-17-12/h4-7,9,12,17H,1-3,8H2,(H2,16,19). The summed E-state index contributed by atoms with van der Waals surface area (Å²) in [6, 6.07) is 7.68. The van der Waals surface area contributed by atoms with E-state index >= 15 is 0 Å². The first-order chi connectivity index (χ1) is 9.74. The van der Waals surface area contributed by atoms with Crippen LogP contribution in [0, 0.1) is 0 Å². The zero-order valence-electron chi connectivity index (χ0n) is 11.1. The van der Waals surface area contributed by atoms with Gasteiger partial charge in [0.05, 0.1) is 11.7 Å². The lowest BCUT2D eigenvalue weighted by Gasteiger charge is -2.21. The van der Waals surface area contributed by atoms with Gasteiger partial charge in [-0.1, -0.05) is 18.6 Å². The summed E-state index contributed by atoms with van der Waals surface area (Å²) >= 11 is 1.64. The van der Waals surface area contributed by atoms with Gasteiger partial charge in [-0.25, -0.2) is 4.98 Å². The molecule has 0 saturated carbocycles. The number of carbonyl (C=O) groups excluding carboxylic acids is 1. The first-order valence-electron chi connectivity index (χ1n) is 6.83. The number of carbonyl (C=O) groups is 1. The Labute approximate surface area is 122 Å². The summed E-state index contributed by atoms with van der Waals surface area (Å²) in [5.74, 6) is -0.400. The van der Waals surface area contributed by atoms with Crippen LogP contribution in [-0.4, -0.2) is 17.4 Å². The summed E-state index contributed by atoms with van der Waals surface area (Å²) in [6.45, 7) is 1.07. The highest BCUT2D eigenvalue weighted by Gasteiger charge is 2.17. The zero-order valence-corrected chi connectivity index (χ0v) is 12.0. The summed E-state index contributed by atoms with van der Waals surface area (Å²) in [5, 5.41) is 6.62. The van der Waals surface area contributed by atoms with Crippen molar-refractivity contribution in [2.75, 3.05) is 6.54 Å². The second kappa shape index (κ2) is 5.73. The van der Waals surface area contributed by atoms with Gasteiger partial charge < -0.3 is 11.1 Å². The fourth-order valence-electron chi connectivity index (χ4n) is 2.46. The first-order valence-corrected chi connectivity index (χ1v) is 7.71. The monoisotopic (exact) mass is 287 g/mol. The van der Waals surface area contributed by atoms with Crippen LogP contribution in [0.2, 0.25) is 0 Å². The van der Waals surface area contributed by atoms with Crippen LogP contribution >= 0.6 is 11.3 Å². The molecule has 2 aromatic rings. The predicted octanol–water partition coefficient (Wildman–Crippen LogP) is 2.72. The molecule has 1 amide bonds. The van der Waals surface area contributed by atoms with E-state index in [0.29, 0.717) is 11.6 Å².